The molecule has 1 aliphatic carbocycles. The molecular weight excluding hydrogens is 534 g/mol. The number of rotatable bonds is 10. The molecule has 0 bridgehead atoms. The van der Waals surface area contributed by atoms with E-state index in [0.29, 0.717) is 5.56 Å². The van der Waals surface area contributed by atoms with E-state index in [4.69, 9.17) is 4.74 Å². The molecule has 10 heteroatoms. The lowest BCUT2D eigenvalue weighted by atomic mass is 9.81. The summed E-state index contributed by atoms with van der Waals surface area (Å²) in [6.45, 7) is 1.60. The number of nitrogens with zero attached hydrogens (tertiary/aromatic N) is 2. The average molecular weight is 570 g/mol. The van der Waals surface area contributed by atoms with Crippen LogP contribution in [0.4, 0.5) is 10.5 Å². The number of benzene rings is 2. The second-order valence-corrected chi connectivity index (χ2v) is 11.1. The van der Waals surface area contributed by atoms with Gasteiger partial charge in [0.25, 0.3) is 5.69 Å². The number of fused-ring (bicyclic) bond motifs is 1. The minimum absolute atomic E-state index is 0.0494. The number of hydrogen-bond donors (Lipinski definition) is 3. The minimum atomic E-state index is -1.36. The zero-order chi connectivity index (χ0) is 29.5. The van der Waals surface area contributed by atoms with Crippen molar-refractivity contribution in [1.29, 1.82) is 0 Å². The lowest BCUT2D eigenvalue weighted by molar-refractivity contribution is -0.384. The summed E-state index contributed by atoms with van der Waals surface area (Å²) in [5.74, 6) is -0.0923. The van der Waals surface area contributed by atoms with Gasteiger partial charge in [0.15, 0.2) is 0 Å². The number of pyridine rings is 1. The van der Waals surface area contributed by atoms with Crippen molar-refractivity contribution in [3.63, 3.8) is 0 Å². The van der Waals surface area contributed by atoms with E-state index in [-0.39, 0.29) is 36.6 Å². The molecule has 0 aliphatic heterocycles. The molecule has 0 spiro atoms. The van der Waals surface area contributed by atoms with Crippen LogP contribution < -0.4 is 10.6 Å². The highest BCUT2D eigenvalue weighted by Gasteiger charge is 2.39. The SMILES string of the molecule is C[C@@](Cc1c[nH]c2ccccc12)(NC(=O)OCc1ccc([N+](=O)[O-])cc1)C(=O)NC(c1ccccn1)C1CCCCC1. The summed E-state index contributed by atoms with van der Waals surface area (Å²) in [4.78, 5) is 45.6. The highest BCUT2D eigenvalue weighted by molar-refractivity contribution is 5.91. The van der Waals surface area contributed by atoms with Gasteiger partial charge in [-0.05, 0) is 67.1 Å². The Balaban J connectivity index is 1.38. The van der Waals surface area contributed by atoms with Crippen molar-refractivity contribution in [3.05, 3.63) is 106 Å². The first kappa shape index (κ1) is 28.8. The van der Waals surface area contributed by atoms with Gasteiger partial charge in [0.1, 0.15) is 12.1 Å². The maximum absolute atomic E-state index is 14.2. The van der Waals surface area contributed by atoms with Crippen molar-refractivity contribution in [2.75, 3.05) is 0 Å². The molecule has 1 saturated carbocycles. The van der Waals surface area contributed by atoms with Gasteiger partial charge < -0.3 is 20.4 Å². The van der Waals surface area contributed by atoms with Crippen molar-refractivity contribution < 1.29 is 19.2 Å². The Labute approximate surface area is 244 Å². The fourth-order valence-electron chi connectivity index (χ4n) is 5.73. The summed E-state index contributed by atoms with van der Waals surface area (Å²) < 4.78 is 5.47. The fraction of sp³-hybridized carbons (Fsp3) is 0.344. The van der Waals surface area contributed by atoms with Gasteiger partial charge >= 0.3 is 6.09 Å². The molecule has 4 aromatic rings. The predicted molar refractivity (Wildman–Crippen MR) is 159 cm³/mol. The van der Waals surface area contributed by atoms with E-state index in [9.17, 15) is 19.7 Å². The van der Waals surface area contributed by atoms with Crippen LogP contribution >= 0.6 is 0 Å². The number of nitro groups is 1. The molecule has 1 unspecified atom stereocenters. The molecule has 0 radical (unpaired) electrons. The first-order valence-electron chi connectivity index (χ1n) is 14.3. The zero-order valence-corrected chi connectivity index (χ0v) is 23.5. The summed E-state index contributed by atoms with van der Waals surface area (Å²) in [6, 6.07) is 19.0. The third kappa shape index (κ3) is 6.76. The Morgan fingerprint density at radius 2 is 1.81 bits per heavy atom. The molecule has 2 aromatic heterocycles. The lowest BCUT2D eigenvalue weighted by Gasteiger charge is -2.35. The van der Waals surface area contributed by atoms with Crippen molar-refractivity contribution in [1.82, 2.24) is 20.6 Å². The molecular formula is C32H35N5O5. The van der Waals surface area contributed by atoms with Gasteiger partial charge in [-0.15, -0.1) is 0 Å². The van der Waals surface area contributed by atoms with Gasteiger partial charge in [0.05, 0.1) is 16.7 Å². The fourth-order valence-corrected chi connectivity index (χ4v) is 5.73. The molecule has 10 nitrogen and oxygen atoms in total. The van der Waals surface area contributed by atoms with Crippen molar-refractivity contribution in [2.24, 2.45) is 5.92 Å². The van der Waals surface area contributed by atoms with Crippen LogP contribution in [-0.2, 0) is 22.6 Å². The van der Waals surface area contributed by atoms with Gasteiger partial charge in [-0.2, -0.15) is 0 Å². The van der Waals surface area contributed by atoms with Crippen LogP contribution in [0, 0.1) is 16.0 Å². The number of alkyl carbamates (subject to hydrolysis) is 1. The van der Waals surface area contributed by atoms with Crippen LogP contribution in [0.15, 0.2) is 79.1 Å². The zero-order valence-electron chi connectivity index (χ0n) is 23.5. The maximum atomic E-state index is 14.2. The minimum Gasteiger partial charge on any atom is -0.445 e. The first-order chi connectivity index (χ1) is 20.3. The number of aromatic nitrogens is 2. The van der Waals surface area contributed by atoms with Crippen molar-refractivity contribution >= 4 is 28.6 Å². The second kappa shape index (κ2) is 12.8. The summed E-state index contributed by atoms with van der Waals surface area (Å²) in [5, 5.41) is 18.0. The smallest absolute Gasteiger partial charge is 0.408 e. The Morgan fingerprint density at radius 3 is 2.52 bits per heavy atom. The predicted octanol–water partition coefficient (Wildman–Crippen LogP) is 6.14. The van der Waals surface area contributed by atoms with Gasteiger partial charge in [-0.3, -0.25) is 19.9 Å². The van der Waals surface area contributed by atoms with Gasteiger partial charge in [0, 0.05) is 41.9 Å². The number of ether oxygens (including phenoxy) is 1. The van der Waals surface area contributed by atoms with E-state index in [1.165, 1.54) is 30.7 Å². The van der Waals surface area contributed by atoms with Crippen molar-refractivity contribution in [3.8, 4) is 0 Å². The Hall–Kier alpha value is -4.73. The van der Waals surface area contributed by atoms with Crippen LogP contribution in [0.2, 0.25) is 0 Å². The molecule has 2 amide bonds. The highest BCUT2D eigenvalue weighted by Crippen LogP contribution is 2.34. The number of nitro benzene ring substituents is 1. The van der Waals surface area contributed by atoms with Crippen LogP contribution in [0.25, 0.3) is 10.9 Å². The first-order valence-corrected chi connectivity index (χ1v) is 14.3. The number of carbonyl (C=O) groups is 2. The van der Waals surface area contributed by atoms with Crippen molar-refractivity contribution in [2.45, 2.75) is 63.6 Å². The monoisotopic (exact) mass is 569 g/mol. The van der Waals surface area contributed by atoms with E-state index in [0.717, 1.165) is 47.8 Å². The number of nitrogens with one attached hydrogen (secondary N) is 3. The Kier molecular flexibility index (Phi) is 8.80. The van der Waals surface area contributed by atoms with Crippen LogP contribution in [-0.4, -0.2) is 32.4 Å². The van der Waals surface area contributed by atoms with Crippen LogP contribution in [0.5, 0.6) is 0 Å². The lowest BCUT2D eigenvalue weighted by Crippen LogP contribution is -2.59. The van der Waals surface area contributed by atoms with E-state index in [1.54, 1.807) is 13.1 Å². The third-order valence-corrected chi connectivity index (χ3v) is 8.03. The highest BCUT2D eigenvalue weighted by atomic mass is 16.6. The van der Waals surface area contributed by atoms with Crippen LogP contribution in [0.3, 0.4) is 0 Å². The number of H-pyrrole nitrogens is 1. The maximum Gasteiger partial charge on any atom is 0.408 e. The number of aromatic amines is 1. The number of carbonyl (C=O) groups excluding carboxylic acids is 2. The summed E-state index contributed by atoms with van der Waals surface area (Å²) in [6.07, 6.45) is 8.41. The molecule has 1 aliphatic rings. The quantitative estimate of drug-likeness (QED) is 0.155. The molecule has 218 valence electrons. The van der Waals surface area contributed by atoms with Gasteiger partial charge in [-0.25, -0.2) is 4.79 Å². The molecule has 42 heavy (non-hydrogen) atoms. The Bertz CT molecular complexity index is 1530. The molecule has 0 saturated heterocycles. The summed E-state index contributed by atoms with van der Waals surface area (Å²) in [5.41, 5.74) is 1.79. The number of para-hydroxylation sites is 1. The summed E-state index contributed by atoms with van der Waals surface area (Å²) >= 11 is 0. The number of non-ortho nitro benzene ring substituents is 1. The molecule has 2 atom stereocenters. The van der Waals surface area contributed by atoms with Crippen LogP contribution in [0.1, 0.15) is 61.9 Å². The number of hydrogen-bond acceptors (Lipinski definition) is 6. The molecule has 5 rings (SSSR count). The molecule has 2 heterocycles. The summed E-state index contributed by atoms with van der Waals surface area (Å²) in [7, 11) is 0. The van der Waals surface area contributed by atoms with Gasteiger partial charge in [0.2, 0.25) is 5.91 Å². The largest absolute Gasteiger partial charge is 0.445 e. The molecule has 3 N–H and O–H groups in total. The second-order valence-electron chi connectivity index (χ2n) is 11.1. The topological polar surface area (TPSA) is 139 Å². The normalized spacial score (nSPS) is 15.8. The number of amides is 2. The standard InChI is InChI=1S/C32H35N5O5/c1-32(19-24-20-34-27-12-6-5-11-26(24)27,36-31(39)42-21-22-14-16-25(17-15-22)37(40)41)30(38)35-29(23-9-3-2-4-10-23)28-13-7-8-18-33-28/h5-8,11-18,20,23,29,34H,2-4,9-10,19,21H2,1H3,(H,35,38)(H,36,39)/t29?,32-/m0/s1. The van der Waals surface area contributed by atoms with Gasteiger partial charge in [-0.1, -0.05) is 43.5 Å². The molecule has 2 aromatic carbocycles. The van der Waals surface area contributed by atoms with E-state index >= 15 is 0 Å². The third-order valence-electron chi connectivity index (χ3n) is 8.03. The molecule has 1 fully saturated rings. The average Bonchev–Trinajstić information content (AvgIpc) is 3.42. The van der Waals surface area contributed by atoms with E-state index < -0.39 is 16.6 Å². The van der Waals surface area contributed by atoms with E-state index in [2.05, 4.69) is 20.6 Å². The van der Waals surface area contributed by atoms with E-state index in [1.807, 2.05) is 48.7 Å². The Morgan fingerprint density at radius 1 is 1.07 bits per heavy atom.